The fourth-order valence-electron chi connectivity index (χ4n) is 2.24. The van der Waals surface area contributed by atoms with Gasteiger partial charge in [0.1, 0.15) is 5.75 Å². The Bertz CT molecular complexity index is 677. The topological polar surface area (TPSA) is 66.4 Å². The van der Waals surface area contributed by atoms with Crippen LogP contribution < -0.4 is 5.32 Å². The van der Waals surface area contributed by atoms with Gasteiger partial charge in [0, 0.05) is 6.42 Å². The molecule has 2 aromatic rings. The molecule has 1 aliphatic heterocycles. The highest BCUT2D eigenvalue weighted by Gasteiger charge is 2.30. The smallest absolute Gasteiger partial charge is 0.262 e. The van der Waals surface area contributed by atoms with E-state index in [9.17, 15) is 14.7 Å². The lowest BCUT2D eigenvalue weighted by molar-refractivity contribution is 0.0879. The van der Waals surface area contributed by atoms with Crippen LogP contribution in [0.15, 0.2) is 42.5 Å². The summed E-state index contributed by atoms with van der Waals surface area (Å²) in [6.07, 6.45) is 0.515. The second-order valence-corrected chi connectivity index (χ2v) is 4.44. The highest BCUT2D eigenvalue weighted by atomic mass is 16.3. The van der Waals surface area contributed by atoms with Gasteiger partial charge in [-0.3, -0.25) is 14.9 Å². The monoisotopic (exact) mass is 253 g/mol. The Morgan fingerprint density at radius 1 is 0.947 bits per heavy atom. The van der Waals surface area contributed by atoms with Gasteiger partial charge in [-0.25, -0.2) is 0 Å². The summed E-state index contributed by atoms with van der Waals surface area (Å²) in [6.45, 7) is 0. The van der Waals surface area contributed by atoms with Gasteiger partial charge in [0.05, 0.1) is 11.1 Å². The molecule has 1 heterocycles. The zero-order chi connectivity index (χ0) is 13.4. The van der Waals surface area contributed by atoms with E-state index >= 15 is 0 Å². The van der Waals surface area contributed by atoms with E-state index in [1.54, 1.807) is 12.1 Å². The first-order chi connectivity index (χ1) is 9.16. The molecular formula is C15H11NO3. The number of aromatic hydroxyl groups is 1. The maximum absolute atomic E-state index is 11.6. The molecule has 4 heteroatoms. The van der Waals surface area contributed by atoms with Crippen LogP contribution in [0.1, 0.15) is 31.8 Å². The maximum Gasteiger partial charge on any atom is 0.262 e. The number of phenols is 1. The second-order valence-electron chi connectivity index (χ2n) is 4.44. The Morgan fingerprint density at radius 2 is 1.68 bits per heavy atom. The molecule has 0 unspecified atom stereocenters. The van der Waals surface area contributed by atoms with Crippen LogP contribution in [0.2, 0.25) is 0 Å². The summed E-state index contributed by atoms with van der Waals surface area (Å²) in [4.78, 5) is 23.1. The lowest BCUT2D eigenvalue weighted by Gasteiger charge is -2.07. The van der Waals surface area contributed by atoms with Gasteiger partial charge < -0.3 is 5.11 Å². The fourth-order valence-corrected chi connectivity index (χ4v) is 2.24. The van der Waals surface area contributed by atoms with Crippen molar-refractivity contribution in [3.05, 3.63) is 64.7 Å². The van der Waals surface area contributed by atoms with Crippen LogP contribution in [0.3, 0.4) is 0 Å². The van der Waals surface area contributed by atoms with Gasteiger partial charge in [0.25, 0.3) is 11.8 Å². The van der Waals surface area contributed by atoms with E-state index in [1.807, 2.05) is 30.3 Å². The summed E-state index contributed by atoms with van der Waals surface area (Å²) in [7, 11) is 0. The molecule has 0 aromatic heterocycles. The van der Waals surface area contributed by atoms with E-state index in [2.05, 4.69) is 5.32 Å². The summed E-state index contributed by atoms with van der Waals surface area (Å²) in [5.74, 6) is -1.10. The van der Waals surface area contributed by atoms with Gasteiger partial charge in [-0.2, -0.15) is 0 Å². The van der Waals surface area contributed by atoms with Crippen molar-refractivity contribution < 1.29 is 14.7 Å². The van der Waals surface area contributed by atoms with Crippen LogP contribution >= 0.6 is 0 Å². The van der Waals surface area contributed by atoms with Crippen molar-refractivity contribution >= 4 is 11.8 Å². The quantitative estimate of drug-likeness (QED) is 0.803. The third-order valence-electron chi connectivity index (χ3n) is 3.20. The fraction of sp³-hybridized carbons (Fsp3) is 0.0667. The minimum absolute atomic E-state index is 0.0819. The SMILES string of the molecule is O=C1NC(=O)c2c1ccc(Cc1ccccc1)c2O. The first-order valence-electron chi connectivity index (χ1n) is 5.91. The molecule has 3 rings (SSSR count). The highest BCUT2D eigenvalue weighted by molar-refractivity contribution is 6.22. The Morgan fingerprint density at radius 3 is 2.42 bits per heavy atom. The van der Waals surface area contributed by atoms with Crippen LogP contribution in [0.5, 0.6) is 5.75 Å². The Balaban J connectivity index is 2.04. The molecule has 0 spiro atoms. The lowest BCUT2D eigenvalue weighted by atomic mass is 9.98. The van der Waals surface area contributed by atoms with Crippen molar-refractivity contribution in [2.45, 2.75) is 6.42 Å². The zero-order valence-electron chi connectivity index (χ0n) is 10.0. The molecule has 2 N–H and O–H groups in total. The van der Waals surface area contributed by atoms with E-state index in [-0.39, 0.29) is 16.9 Å². The molecule has 0 radical (unpaired) electrons. The van der Waals surface area contributed by atoms with Gasteiger partial charge in [0.2, 0.25) is 0 Å². The number of rotatable bonds is 2. The molecule has 0 fully saturated rings. The Labute approximate surface area is 109 Å². The number of hydrogen-bond donors (Lipinski definition) is 2. The third-order valence-corrected chi connectivity index (χ3v) is 3.20. The number of imide groups is 1. The summed E-state index contributed by atoms with van der Waals surface area (Å²) >= 11 is 0. The van der Waals surface area contributed by atoms with Crippen molar-refractivity contribution in [2.75, 3.05) is 0 Å². The molecule has 0 saturated heterocycles. The Hall–Kier alpha value is -2.62. The molecule has 2 aromatic carbocycles. The summed E-state index contributed by atoms with van der Waals surface area (Å²) in [6, 6.07) is 12.9. The number of amides is 2. The zero-order valence-corrected chi connectivity index (χ0v) is 10.0. The molecule has 0 aliphatic carbocycles. The molecule has 2 amide bonds. The standard InChI is InChI=1S/C15H11NO3/c17-13-10(8-9-4-2-1-3-5-9)6-7-11-12(13)15(19)16-14(11)18/h1-7,17H,8H2,(H,16,18,19). The number of benzene rings is 2. The third kappa shape index (κ3) is 1.87. The lowest BCUT2D eigenvalue weighted by Crippen LogP contribution is -2.19. The highest BCUT2D eigenvalue weighted by Crippen LogP contribution is 2.30. The minimum atomic E-state index is -0.535. The van der Waals surface area contributed by atoms with Crippen LogP contribution in [-0.4, -0.2) is 16.9 Å². The van der Waals surface area contributed by atoms with Crippen molar-refractivity contribution in [2.24, 2.45) is 0 Å². The predicted octanol–water partition coefficient (Wildman–Crippen LogP) is 1.87. The first-order valence-corrected chi connectivity index (χ1v) is 5.91. The Kier molecular flexibility index (Phi) is 2.56. The van der Waals surface area contributed by atoms with Crippen molar-refractivity contribution in [3.8, 4) is 5.75 Å². The number of hydrogen-bond acceptors (Lipinski definition) is 3. The van der Waals surface area contributed by atoms with Gasteiger partial charge in [-0.05, 0) is 17.2 Å². The van der Waals surface area contributed by atoms with E-state index in [0.717, 1.165) is 5.56 Å². The molecule has 0 saturated carbocycles. The molecule has 1 aliphatic rings. The van der Waals surface area contributed by atoms with E-state index in [4.69, 9.17) is 0 Å². The van der Waals surface area contributed by atoms with Crippen molar-refractivity contribution in [3.63, 3.8) is 0 Å². The largest absolute Gasteiger partial charge is 0.507 e. The number of fused-ring (bicyclic) bond motifs is 1. The predicted molar refractivity (Wildman–Crippen MR) is 69.2 cm³/mol. The van der Waals surface area contributed by atoms with Gasteiger partial charge in [-0.15, -0.1) is 0 Å². The molecule has 0 atom stereocenters. The summed E-state index contributed by atoms with van der Waals surface area (Å²) in [5, 5.41) is 12.3. The molecule has 4 nitrogen and oxygen atoms in total. The van der Waals surface area contributed by atoms with E-state index in [0.29, 0.717) is 12.0 Å². The minimum Gasteiger partial charge on any atom is -0.507 e. The van der Waals surface area contributed by atoms with Crippen LogP contribution in [-0.2, 0) is 6.42 Å². The second kappa shape index (κ2) is 4.24. The maximum atomic E-state index is 11.6. The van der Waals surface area contributed by atoms with Crippen LogP contribution in [0, 0.1) is 0 Å². The van der Waals surface area contributed by atoms with E-state index in [1.165, 1.54) is 0 Å². The average Bonchev–Trinajstić information content (AvgIpc) is 2.70. The van der Waals surface area contributed by atoms with Gasteiger partial charge in [-0.1, -0.05) is 36.4 Å². The van der Waals surface area contributed by atoms with Gasteiger partial charge >= 0.3 is 0 Å². The normalized spacial score (nSPS) is 13.3. The summed E-state index contributed by atoms with van der Waals surface area (Å²) in [5.41, 5.74) is 1.98. The number of carbonyl (C=O) groups excluding carboxylic acids is 2. The number of nitrogens with one attached hydrogen (secondary N) is 1. The van der Waals surface area contributed by atoms with Gasteiger partial charge in [0.15, 0.2) is 0 Å². The molecule has 94 valence electrons. The molecule has 0 bridgehead atoms. The molecule has 19 heavy (non-hydrogen) atoms. The average molecular weight is 253 g/mol. The number of carbonyl (C=O) groups is 2. The number of phenolic OH excluding ortho intramolecular Hbond substituents is 1. The summed E-state index contributed by atoms with van der Waals surface area (Å²) < 4.78 is 0. The first kappa shape index (κ1) is 11.5. The van der Waals surface area contributed by atoms with Crippen molar-refractivity contribution in [1.29, 1.82) is 0 Å². The van der Waals surface area contributed by atoms with Crippen LogP contribution in [0.4, 0.5) is 0 Å². The van der Waals surface area contributed by atoms with E-state index < -0.39 is 11.8 Å². The van der Waals surface area contributed by atoms with Crippen molar-refractivity contribution in [1.82, 2.24) is 5.32 Å². The van der Waals surface area contributed by atoms with Crippen LogP contribution in [0.25, 0.3) is 0 Å². The molecular weight excluding hydrogens is 242 g/mol.